The van der Waals surface area contributed by atoms with Gasteiger partial charge in [0.25, 0.3) is 5.91 Å². The normalized spacial score (nSPS) is 13.5. The summed E-state index contributed by atoms with van der Waals surface area (Å²) in [6.07, 6.45) is -1.76. The summed E-state index contributed by atoms with van der Waals surface area (Å²) in [5.74, 6) is -2.70. The summed E-state index contributed by atoms with van der Waals surface area (Å²) in [4.78, 5) is 37.4. The van der Waals surface area contributed by atoms with Crippen molar-refractivity contribution in [3.8, 4) is 11.1 Å². The molecule has 2 atom stereocenters. The Balaban J connectivity index is 1.20. The van der Waals surface area contributed by atoms with Crippen molar-refractivity contribution in [3.63, 3.8) is 0 Å². The Labute approximate surface area is 229 Å². The van der Waals surface area contributed by atoms with Crippen LogP contribution >= 0.6 is 0 Å². The Morgan fingerprint density at radius 2 is 1.55 bits per heavy atom. The third kappa shape index (κ3) is 5.69. The lowest BCUT2D eigenvalue weighted by Crippen LogP contribution is -2.48. The molecule has 40 heavy (non-hydrogen) atoms. The number of nitrogens with one attached hydrogen (secondary N) is 2. The molecule has 5 rings (SSSR count). The first-order chi connectivity index (χ1) is 19.4. The van der Waals surface area contributed by atoms with Crippen LogP contribution in [0, 0.1) is 0 Å². The molecule has 11 nitrogen and oxygen atoms in total. The molecule has 0 unspecified atom stereocenters. The van der Waals surface area contributed by atoms with Crippen molar-refractivity contribution in [2.75, 3.05) is 11.9 Å². The van der Waals surface area contributed by atoms with E-state index in [2.05, 4.69) is 25.6 Å². The fourth-order valence-electron chi connectivity index (χ4n) is 4.64. The van der Waals surface area contributed by atoms with Crippen molar-refractivity contribution < 1.29 is 33.6 Å². The van der Waals surface area contributed by atoms with Crippen molar-refractivity contribution in [1.82, 2.24) is 15.6 Å². The van der Waals surface area contributed by atoms with Crippen molar-refractivity contribution >= 4 is 23.8 Å². The Morgan fingerprint density at radius 3 is 2.20 bits per heavy atom. The maximum atomic E-state index is 12.9. The molecule has 0 bridgehead atoms. The van der Waals surface area contributed by atoms with Gasteiger partial charge in [-0.2, -0.15) is 0 Å². The van der Waals surface area contributed by atoms with E-state index >= 15 is 0 Å². The summed E-state index contributed by atoms with van der Waals surface area (Å²) in [7, 11) is 0. The quantitative estimate of drug-likeness (QED) is 0.267. The first-order valence-corrected chi connectivity index (χ1v) is 12.6. The van der Waals surface area contributed by atoms with E-state index in [-0.39, 0.29) is 24.9 Å². The van der Waals surface area contributed by atoms with Crippen LogP contribution in [-0.4, -0.2) is 52.1 Å². The largest absolute Gasteiger partial charge is 0.480 e. The van der Waals surface area contributed by atoms with Crippen LogP contribution in [0.3, 0.4) is 0 Å². The van der Waals surface area contributed by atoms with Crippen LogP contribution in [0.4, 0.5) is 10.6 Å². The molecule has 204 valence electrons. The molecule has 1 aliphatic carbocycles. The van der Waals surface area contributed by atoms with Gasteiger partial charge in [0.05, 0.1) is 12.7 Å². The van der Waals surface area contributed by atoms with E-state index in [9.17, 15) is 19.5 Å². The molecule has 0 radical (unpaired) electrons. The second-order valence-electron chi connectivity index (χ2n) is 9.20. The molecule has 3 N–H and O–H groups in total. The van der Waals surface area contributed by atoms with Crippen LogP contribution in [0.25, 0.3) is 11.1 Å². The number of fused-ring (bicyclic) bond motifs is 3. The second kappa shape index (κ2) is 11.8. The number of aliphatic carboxylic acids is 1. The fourth-order valence-corrected chi connectivity index (χ4v) is 4.64. The molecule has 0 saturated carbocycles. The number of aromatic nitrogens is 2. The van der Waals surface area contributed by atoms with Crippen LogP contribution in [0.5, 0.6) is 0 Å². The van der Waals surface area contributed by atoms with Crippen molar-refractivity contribution in [2.24, 2.45) is 0 Å². The minimum absolute atomic E-state index is 0.0457. The highest BCUT2D eigenvalue weighted by atomic mass is 16.6. The highest BCUT2D eigenvalue weighted by molar-refractivity contribution is 6.01. The van der Waals surface area contributed by atoms with E-state index in [0.29, 0.717) is 0 Å². The second-order valence-corrected chi connectivity index (χ2v) is 9.20. The van der Waals surface area contributed by atoms with Gasteiger partial charge >= 0.3 is 12.1 Å². The zero-order chi connectivity index (χ0) is 28.1. The van der Waals surface area contributed by atoms with Crippen LogP contribution in [0.1, 0.15) is 40.0 Å². The van der Waals surface area contributed by atoms with Gasteiger partial charge in [-0.3, -0.25) is 10.1 Å². The van der Waals surface area contributed by atoms with Gasteiger partial charge in [-0.1, -0.05) is 78.9 Å². The molecule has 3 aromatic carbocycles. The van der Waals surface area contributed by atoms with Crippen LogP contribution < -0.4 is 10.6 Å². The number of carboxylic acid groups (broad SMARTS) is 1. The van der Waals surface area contributed by atoms with E-state index in [1.165, 1.54) is 6.92 Å². The highest BCUT2D eigenvalue weighted by Crippen LogP contribution is 2.44. The predicted octanol–water partition coefficient (Wildman–Crippen LogP) is 4.22. The molecular formula is C29H26N4O7. The standard InChI is InChI=1S/C29H26N4O7/c1-17(38-15-18-9-3-2-4-10-18)24(28(35)36)30-27(34)25-26(33-40-32-25)31-29(37)39-16-23-21-13-7-5-11-19(21)20-12-6-8-14-22(20)23/h2-14,17,23-24H,15-16H2,1H3,(H,30,34)(H,35,36)(H,31,33,37)/t17-,24+/m0/s1. The molecule has 0 fully saturated rings. The van der Waals surface area contributed by atoms with Crippen LogP contribution in [-0.2, 0) is 20.9 Å². The van der Waals surface area contributed by atoms with Gasteiger partial charge in [0.15, 0.2) is 6.04 Å². The lowest BCUT2D eigenvalue weighted by Gasteiger charge is -2.21. The average Bonchev–Trinajstić information content (AvgIpc) is 3.56. The number of amides is 2. The van der Waals surface area contributed by atoms with Gasteiger partial charge in [0.1, 0.15) is 6.61 Å². The van der Waals surface area contributed by atoms with E-state index < -0.39 is 35.8 Å². The first kappa shape index (κ1) is 26.6. The van der Waals surface area contributed by atoms with Gasteiger partial charge in [-0.25, -0.2) is 14.2 Å². The van der Waals surface area contributed by atoms with E-state index in [0.717, 1.165) is 27.8 Å². The summed E-state index contributed by atoms with van der Waals surface area (Å²) in [6, 6.07) is 23.6. The van der Waals surface area contributed by atoms with Gasteiger partial charge in [0.2, 0.25) is 11.5 Å². The number of rotatable bonds is 10. The number of anilines is 1. The number of carboxylic acids is 1. The Morgan fingerprint density at radius 1 is 0.925 bits per heavy atom. The number of benzene rings is 3. The van der Waals surface area contributed by atoms with Crippen molar-refractivity contribution in [1.29, 1.82) is 0 Å². The molecule has 11 heteroatoms. The molecule has 0 spiro atoms. The minimum Gasteiger partial charge on any atom is -0.480 e. The molecule has 0 aliphatic heterocycles. The lowest BCUT2D eigenvalue weighted by molar-refractivity contribution is -0.143. The molecule has 0 saturated heterocycles. The summed E-state index contributed by atoms with van der Waals surface area (Å²) in [6.45, 7) is 1.73. The van der Waals surface area contributed by atoms with Gasteiger partial charge in [-0.15, -0.1) is 0 Å². The van der Waals surface area contributed by atoms with E-state index in [1.54, 1.807) is 0 Å². The summed E-state index contributed by atoms with van der Waals surface area (Å²) >= 11 is 0. The molecule has 2 amide bonds. The topological polar surface area (TPSA) is 153 Å². The van der Waals surface area contributed by atoms with Crippen molar-refractivity contribution in [3.05, 3.63) is 101 Å². The summed E-state index contributed by atoms with van der Waals surface area (Å²) in [5.41, 5.74) is 4.70. The third-order valence-corrected chi connectivity index (χ3v) is 6.65. The Hall–Kier alpha value is -5.03. The molecule has 1 aromatic heterocycles. The summed E-state index contributed by atoms with van der Waals surface area (Å²) in [5, 5.41) is 21.5. The maximum Gasteiger partial charge on any atom is 0.412 e. The third-order valence-electron chi connectivity index (χ3n) is 6.65. The van der Waals surface area contributed by atoms with Crippen LogP contribution in [0.2, 0.25) is 0 Å². The monoisotopic (exact) mass is 542 g/mol. The molecular weight excluding hydrogens is 516 g/mol. The fraction of sp³-hybridized carbons (Fsp3) is 0.207. The summed E-state index contributed by atoms with van der Waals surface area (Å²) < 4.78 is 15.8. The predicted molar refractivity (Wildman–Crippen MR) is 143 cm³/mol. The van der Waals surface area contributed by atoms with Crippen LogP contribution in [0.15, 0.2) is 83.5 Å². The molecule has 4 aromatic rings. The van der Waals surface area contributed by atoms with Gasteiger partial charge < -0.3 is 19.9 Å². The van der Waals surface area contributed by atoms with Gasteiger partial charge in [-0.05, 0) is 45.1 Å². The Kier molecular flexibility index (Phi) is 7.83. The minimum atomic E-state index is -1.41. The number of nitrogens with zero attached hydrogens (tertiary/aromatic N) is 2. The van der Waals surface area contributed by atoms with Crippen molar-refractivity contribution in [2.45, 2.75) is 31.6 Å². The first-order valence-electron chi connectivity index (χ1n) is 12.6. The SMILES string of the molecule is C[C@H](OCc1ccccc1)[C@@H](NC(=O)c1nonc1NC(=O)OCC1c2ccccc2-c2ccccc21)C(=O)O. The lowest BCUT2D eigenvalue weighted by atomic mass is 9.98. The molecule has 1 aliphatic rings. The molecule has 1 heterocycles. The number of ether oxygens (including phenoxy) is 2. The number of hydrogen-bond donors (Lipinski definition) is 3. The zero-order valence-electron chi connectivity index (χ0n) is 21.4. The Bertz CT molecular complexity index is 1480. The number of carbonyl (C=O) groups excluding carboxylic acids is 2. The smallest absolute Gasteiger partial charge is 0.412 e. The zero-order valence-corrected chi connectivity index (χ0v) is 21.4. The van der Waals surface area contributed by atoms with E-state index in [1.807, 2.05) is 78.9 Å². The number of hydrogen-bond acceptors (Lipinski definition) is 8. The number of carbonyl (C=O) groups is 3. The van der Waals surface area contributed by atoms with E-state index in [4.69, 9.17) is 9.47 Å². The van der Waals surface area contributed by atoms with Gasteiger partial charge in [0, 0.05) is 5.92 Å². The highest BCUT2D eigenvalue weighted by Gasteiger charge is 2.32. The maximum absolute atomic E-state index is 12.9. The average molecular weight is 543 g/mol.